The van der Waals surface area contributed by atoms with Crippen molar-refractivity contribution in [2.75, 3.05) is 13.7 Å². The van der Waals surface area contributed by atoms with Crippen molar-refractivity contribution in [2.24, 2.45) is 0 Å². The molecule has 2 rings (SSSR count). The average Bonchev–Trinajstić information content (AvgIpc) is 2.49. The summed E-state index contributed by atoms with van der Waals surface area (Å²) in [5.74, 6) is 0.883. The molecule has 0 saturated carbocycles. The van der Waals surface area contributed by atoms with Crippen molar-refractivity contribution < 1.29 is 4.74 Å². The molecule has 106 valence electrons. The van der Waals surface area contributed by atoms with Gasteiger partial charge in [0, 0.05) is 22.9 Å². The van der Waals surface area contributed by atoms with Crippen LogP contribution in [-0.2, 0) is 6.42 Å². The SMILES string of the molecule is CCNC(Cc1cc(OC)ccc1Br)c1ccncc1. The highest BCUT2D eigenvalue weighted by Gasteiger charge is 2.13. The maximum atomic E-state index is 5.31. The van der Waals surface area contributed by atoms with E-state index in [9.17, 15) is 0 Å². The first kappa shape index (κ1) is 15.0. The Hall–Kier alpha value is -1.39. The Labute approximate surface area is 128 Å². The third-order valence-corrected chi connectivity index (χ3v) is 4.01. The van der Waals surface area contributed by atoms with Crippen LogP contribution >= 0.6 is 15.9 Å². The van der Waals surface area contributed by atoms with Gasteiger partial charge in [-0.2, -0.15) is 0 Å². The Kier molecular flexibility index (Phi) is 5.56. The second kappa shape index (κ2) is 7.41. The van der Waals surface area contributed by atoms with E-state index in [0.29, 0.717) is 0 Å². The fourth-order valence-corrected chi connectivity index (χ4v) is 2.61. The number of likely N-dealkylation sites (N-methyl/N-ethyl adjacent to an activating group) is 1. The molecule has 0 amide bonds. The van der Waals surface area contributed by atoms with Gasteiger partial charge in [0.25, 0.3) is 0 Å². The van der Waals surface area contributed by atoms with Gasteiger partial charge in [-0.1, -0.05) is 22.9 Å². The van der Waals surface area contributed by atoms with Crippen molar-refractivity contribution >= 4 is 15.9 Å². The monoisotopic (exact) mass is 334 g/mol. The number of pyridine rings is 1. The Balaban J connectivity index is 2.24. The van der Waals surface area contributed by atoms with Crippen LogP contribution in [0.3, 0.4) is 0 Å². The van der Waals surface area contributed by atoms with Gasteiger partial charge in [0.2, 0.25) is 0 Å². The molecule has 1 aromatic carbocycles. The molecule has 0 saturated heterocycles. The smallest absolute Gasteiger partial charge is 0.119 e. The predicted octanol–water partition coefficient (Wildman–Crippen LogP) is 3.75. The van der Waals surface area contributed by atoms with Crippen LogP contribution in [0.2, 0.25) is 0 Å². The molecule has 0 spiro atoms. The van der Waals surface area contributed by atoms with E-state index >= 15 is 0 Å². The van der Waals surface area contributed by atoms with Gasteiger partial charge in [0.1, 0.15) is 5.75 Å². The normalized spacial score (nSPS) is 12.2. The van der Waals surface area contributed by atoms with Gasteiger partial charge < -0.3 is 10.1 Å². The molecule has 0 radical (unpaired) electrons. The third kappa shape index (κ3) is 3.81. The molecule has 1 atom stereocenters. The number of ether oxygens (including phenoxy) is 1. The van der Waals surface area contributed by atoms with Gasteiger partial charge in [0.15, 0.2) is 0 Å². The molecule has 0 aliphatic heterocycles. The Bertz CT molecular complexity index is 545. The topological polar surface area (TPSA) is 34.1 Å². The van der Waals surface area contributed by atoms with Crippen LogP contribution in [-0.4, -0.2) is 18.6 Å². The number of nitrogens with one attached hydrogen (secondary N) is 1. The number of nitrogens with zero attached hydrogens (tertiary/aromatic N) is 1. The highest BCUT2D eigenvalue weighted by molar-refractivity contribution is 9.10. The Morgan fingerprint density at radius 1 is 1.25 bits per heavy atom. The number of methoxy groups -OCH3 is 1. The predicted molar refractivity (Wildman–Crippen MR) is 85.1 cm³/mol. The second-order valence-electron chi connectivity index (χ2n) is 4.55. The average molecular weight is 335 g/mol. The van der Waals surface area contributed by atoms with E-state index in [2.05, 4.69) is 51.4 Å². The van der Waals surface area contributed by atoms with E-state index in [1.165, 1.54) is 11.1 Å². The first-order chi connectivity index (χ1) is 9.74. The minimum absolute atomic E-state index is 0.270. The summed E-state index contributed by atoms with van der Waals surface area (Å²) in [6, 6.07) is 10.5. The summed E-state index contributed by atoms with van der Waals surface area (Å²) < 4.78 is 6.41. The third-order valence-electron chi connectivity index (χ3n) is 3.24. The Morgan fingerprint density at radius 3 is 2.65 bits per heavy atom. The van der Waals surface area contributed by atoms with Crippen molar-refractivity contribution in [3.8, 4) is 5.75 Å². The molecule has 4 heteroatoms. The summed E-state index contributed by atoms with van der Waals surface area (Å²) in [4.78, 5) is 4.08. The van der Waals surface area contributed by atoms with Crippen LogP contribution in [0.4, 0.5) is 0 Å². The van der Waals surface area contributed by atoms with Gasteiger partial charge in [0.05, 0.1) is 7.11 Å². The molecule has 0 fully saturated rings. The molecule has 0 aliphatic carbocycles. The lowest BCUT2D eigenvalue weighted by Crippen LogP contribution is -2.23. The van der Waals surface area contributed by atoms with E-state index in [4.69, 9.17) is 4.74 Å². The van der Waals surface area contributed by atoms with E-state index in [1.54, 1.807) is 7.11 Å². The van der Waals surface area contributed by atoms with Crippen molar-refractivity contribution in [1.82, 2.24) is 10.3 Å². The molecular formula is C16H19BrN2O. The maximum Gasteiger partial charge on any atom is 0.119 e. The summed E-state index contributed by atoms with van der Waals surface area (Å²) in [6.07, 6.45) is 4.57. The largest absolute Gasteiger partial charge is 0.497 e. The lowest BCUT2D eigenvalue weighted by molar-refractivity contribution is 0.413. The highest BCUT2D eigenvalue weighted by atomic mass is 79.9. The lowest BCUT2D eigenvalue weighted by atomic mass is 9.99. The van der Waals surface area contributed by atoms with Crippen LogP contribution in [0.1, 0.15) is 24.1 Å². The zero-order valence-corrected chi connectivity index (χ0v) is 13.4. The summed E-state index contributed by atoms with van der Waals surface area (Å²) in [7, 11) is 1.69. The number of hydrogen-bond acceptors (Lipinski definition) is 3. The van der Waals surface area contributed by atoms with Gasteiger partial charge >= 0.3 is 0 Å². The fourth-order valence-electron chi connectivity index (χ4n) is 2.20. The van der Waals surface area contributed by atoms with Crippen molar-refractivity contribution in [3.05, 3.63) is 58.3 Å². The van der Waals surface area contributed by atoms with Crippen LogP contribution in [0, 0.1) is 0 Å². The molecular weight excluding hydrogens is 316 g/mol. The molecule has 1 unspecified atom stereocenters. The standard InChI is InChI=1S/C16H19BrN2O/c1-3-19-16(12-6-8-18-9-7-12)11-13-10-14(20-2)4-5-15(13)17/h4-10,16,19H,3,11H2,1-2H3. The zero-order valence-electron chi connectivity index (χ0n) is 11.8. The first-order valence-electron chi connectivity index (χ1n) is 6.70. The van der Waals surface area contributed by atoms with Crippen molar-refractivity contribution in [2.45, 2.75) is 19.4 Å². The van der Waals surface area contributed by atoms with Crippen molar-refractivity contribution in [1.29, 1.82) is 0 Å². The number of aromatic nitrogens is 1. The zero-order chi connectivity index (χ0) is 14.4. The summed E-state index contributed by atoms with van der Waals surface area (Å²) in [6.45, 7) is 3.05. The van der Waals surface area contributed by atoms with Crippen LogP contribution < -0.4 is 10.1 Å². The summed E-state index contributed by atoms with van der Waals surface area (Å²) in [5.41, 5.74) is 2.48. The van der Waals surface area contributed by atoms with E-state index in [1.807, 2.05) is 24.5 Å². The molecule has 1 aromatic heterocycles. The molecule has 20 heavy (non-hydrogen) atoms. The lowest BCUT2D eigenvalue weighted by Gasteiger charge is -2.19. The Morgan fingerprint density at radius 2 is 2.00 bits per heavy atom. The van der Waals surface area contributed by atoms with Crippen LogP contribution in [0.15, 0.2) is 47.2 Å². The minimum atomic E-state index is 0.270. The molecule has 0 aliphatic rings. The molecule has 1 heterocycles. The number of benzene rings is 1. The van der Waals surface area contributed by atoms with Gasteiger partial charge in [-0.25, -0.2) is 0 Å². The molecule has 0 bridgehead atoms. The quantitative estimate of drug-likeness (QED) is 0.873. The fraction of sp³-hybridized carbons (Fsp3) is 0.312. The van der Waals surface area contributed by atoms with Gasteiger partial charge in [-0.05, 0) is 54.4 Å². The van der Waals surface area contributed by atoms with Gasteiger partial charge in [-0.15, -0.1) is 0 Å². The number of rotatable bonds is 6. The van der Waals surface area contributed by atoms with Crippen LogP contribution in [0.25, 0.3) is 0 Å². The molecule has 2 aromatic rings. The minimum Gasteiger partial charge on any atom is -0.497 e. The van der Waals surface area contributed by atoms with Crippen LogP contribution in [0.5, 0.6) is 5.75 Å². The van der Waals surface area contributed by atoms with Gasteiger partial charge in [-0.3, -0.25) is 4.98 Å². The van der Waals surface area contributed by atoms with Crippen molar-refractivity contribution in [3.63, 3.8) is 0 Å². The molecule has 1 N–H and O–H groups in total. The van der Waals surface area contributed by atoms with E-state index < -0.39 is 0 Å². The second-order valence-corrected chi connectivity index (χ2v) is 5.41. The van der Waals surface area contributed by atoms with E-state index in [-0.39, 0.29) is 6.04 Å². The highest BCUT2D eigenvalue weighted by Crippen LogP contribution is 2.27. The summed E-state index contributed by atoms with van der Waals surface area (Å²) in [5, 5.41) is 3.52. The maximum absolute atomic E-state index is 5.31. The first-order valence-corrected chi connectivity index (χ1v) is 7.49. The number of halogens is 1. The number of hydrogen-bond donors (Lipinski definition) is 1. The van der Waals surface area contributed by atoms with E-state index in [0.717, 1.165) is 23.2 Å². The summed E-state index contributed by atoms with van der Waals surface area (Å²) >= 11 is 3.62. The molecule has 3 nitrogen and oxygen atoms in total.